The number of alkyl halides is 3. The zero-order valence-electron chi connectivity index (χ0n) is 18.5. The lowest BCUT2D eigenvalue weighted by molar-refractivity contribution is -0.274. The summed E-state index contributed by atoms with van der Waals surface area (Å²) < 4.78 is 46.8. The first-order valence-electron chi connectivity index (χ1n) is 10.0. The minimum atomic E-state index is -4.80. The number of nitrogens with zero attached hydrogens (tertiary/aromatic N) is 2. The Morgan fingerprint density at radius 3 is 2.00 bits per heavy atom. The molecule has 2 aromatic carbocycles. The van der Waals surface area contributed by atoms with Crippen molar-refractivity contribution in [3.63, 3.8) is 0 Å². The van der Waals surface area contributed by atoms with E-state index < -0.39 is 24.1 Å². The molecule has 1 saturated heterocycles. The molecule has 1 aliphatic heterocycles. The topological polar surface area (TPSA) is 59.1 Å². The number of carbonyl (C=O) groups excluding carboxylic acids is 2. The molecule has 6 nitrogen and oxygen atoms in total. The fourth-order valence-electron chi connectivity index (χ4n) is 3.51. The lowest BCUT2D eigenvalue weighted by Gasteiger charge is -2.25. The molecule has 0 saturated carbocycles. The Kier molecular flexibility index (Phi) is 6.13. The third-order valence-electron chi connectivity index (χ3n) is 4.71. The summed E-state index contributed by atoms with van der Waals surface area (Å²) >= 11 is 0. The van der Waals surface area contributed by atoms with Gasteiger partial charge in [-0.2, -0.15) is 0 Å². The summed E-state index contributed by atoms with van der Waals surface area (Å²) in [6.45, 7) is 9.57. The highest BCUT2D eigenvalue weighted by Gasteiger charge is 2.37. The van der Waals surface area contributed by atoms with Gasteiger partial charge < -0.3 is 9.47 Å². The molecule has 9 heteroatoms. The molecule has 0 spiro atoms. The van der Waals surface area contributed by atoms with Crippen LogP contribution in [0.25, 0.3) is 0 Å². The van der Waals surface area contributed by atoms with Gasteiger partial charge in [0.2, 0.25) is 0 Å². The molecule has 0 bridgehead atoms. The number of urea groups is 1. The van der Waals surface area contributed by atoms with Gasteiger partial charge in [-0.1, -0.05) is 12.1 Å². The third-order valence-corrected chi connectivity index (χ3v) is 4.71. The van der Waals surface area contributed by atoms with Crippen molar-refractivity contribution in [3.05, 3.63) is 53.1 Å². The summed E-state index contributed by atoms with van der Waals surface area (Å²) in [6.07, 6.45) is -4.80. The van der Waals surface area contributed by atoms with Crippen LogP contribution >= 0.6 is 0 Å². The maximum absolute atomic E-state index is 12.9. The van der Waals surface area contributed by atoms with Crippen molar-refractivity contribution in [2.45, 2.75) is 53.1 Å². The van der Waals surface area contributed by atoms with Crippen molar-refractivity contribution < 1.29 is 32.2 Å². The normalized spacial score (nSPS) is 14.9. The van der Waals surface area contributed by atoms with Gasteiger partial charge in [0, 0.05) is 5.69 Å². The molecule has 3 amide bonds. The first-order chi connectivity index (χ1) is 14.7. The number of halogens is 3. The minimum Gasteiger partial charge on any atom is -0.488 e. The van der Waals surface area contributed by atoms with Crippen molar-refractivity contribution in [3.8, 4) is 11.5 Å². The number of benzene rings is 2. The van der Waals surface area contributed by atoms with Gasteiger partial charge >= 0.3 is 12.4 Å². The highest BCUT2D eigenvalue weighted by atomic mass is 19.4. The van der Waals surface area contributed by atoms with Gasteiger partial charge in [0.15, 0.2) is 0 Å². The second kappa shape index (κ2) is 8.37. The van der Waals surface area contributed by atoms with Gasteiger partial charge in [-0.05, 0) is 75.6 Å². The van der Waals surface area contributed by atoms with E-state index in [1.165, 1.54) is 17.0 Å². The number of aryl methyl sites for hydroxylation is 2. The Morgan fingerprint density at radius 1 is 0.938 bits per heavy atom. The van der Waals surface area contributed by atoms with E-state index >= 15 is 0 Å². The predicted molar refractivity (Wildman–Crippen MR) is 113 cm³/mol. The molecule has 0 radical (unpaired) electrons. The lowest BCUT2D eigenvalue weighted by atomic mass is 10.0. The molecule has 1 heterocycles. The lowest BCUT2D eigenvalue weighted by Crippen LogP contribution is -2.32. The summed E-state index contributed by atoms with van der Waals surface area (Å²) in [5, 5.41) is 0. The van der Waals surface area contributed by atoms with E-state index in [1.54, 1.807) is 0 Å². The van der Waals surface area contributed by atoms with Gasteiger partial charge in [0.1, 0.15) is 23.6 Å². The summed E-state index contributed by atoms with van der Waals surface area (Å²) in [7, 11) is 0. The van der Waals surface area contributed by atoms with Gasteiger partial charge in [0.05, 0.1) is 6.54 Å². The van der Waals surface area contributed by atoms with Crippen LogP contribution in [0.1, 0.15) is 37.5 Å². The van der Waals surface area contributed by atoms with E-state index in [4.69, 9.17) is 4.74 Å². The van der Waals surface area contributed by atoms with Gasteiger partial charge in [-0.3, -0.25) is 14.6 Å². The predicted octanol–water partition coefficient (Wildman–Crippen LogP) is 5.35. The number of imide groups is 1. The van der Waals surface area contributed by atoms with Crippen LogP contribution in [0.3, 0.4) is 0 Å². The van der Waals surface area contributed by atoms with Crippen LogP contribution < -0.4 is 14.4 Å². The largest absolute Gasteiger partial charge is 0.573 e. The van der Waals surface area contributed by atoms with Crippen molar-refractivity contribution in [1.82, 2.24) is 4.90 Å². The molecule has 0 aliphatic carbocycles. The molecule has 172 valence electrons. The van der Waals surface area contributed by atoms with Crippen molar-refractivity contribution in [1.29, 1.82) is 0 Å². The minimum absolute atomic E-state index is 0.0842. The Hall–Kier alpha value is -3.23. The van der Waals surface area contributed by atoms with E-state index in [2.05, 4.69) is 4.74 Å². The Bertz CT molecular complexity index is 1000. The SMILES string of the molecule is Cc1cc(CN2C(=O)CN(c3ccc(OC(F)(F)F)cc3)C2=O)cc(C)c1OC(C)(C)C. The molecule has 1 fully saturated rings. The zero-order chi connectivity index (χ0) is 23.8. The zero-order valence-corrected chi connectivity index (χ0v) is 18.5. The summed E-state index contributed by atoms with van der Waals surface area (Å²) in [6, 6.07) is 8.03. The van der Waals surface area contributed by atoms with Crippen LogP contribution in [-0.4, -0.2) is 35.3 Å². The standard InChI is InChI=1S/C23H25F3N2O4/c1-14-10-16(11-15(2)20(14)32-22(3,4)5)12-28-19(29)13-27(21(28)30)17-6-8-18(9-7-17)31-23(24,25)26/h6-11H,12-13H2,1-5H3. The fraction of sp³-hybridized carbons (Fsp3) is 0.391. The maximum atomic E-state index is 12.9. The smallest absolute Gasteiger partial charge is 0.488 e. The van der Waals surface area contributed by atoms with Crippen LogP contribution in [0, 0.1) is 13.8 Å². The van der Waals surface area contributed by atoms with E-state index in [0.29, 0.717) is 5.69 Å². The third kappa shape index (κ3) is 5.52. The second-order valence-corrected chi connectivity index (χ2v) is 8.66. The van der Waals surface area contributed by atoms with E-state index in [9.17, 15) is 22.8 Å². The highest BCUT2D eigenvalue weighted by Crippen LogP contribution is 2.31. The maximum Gasteiger partial charge on any atom is 0.573 e. The van der Waals surface area contributed by atoms with Crippen molar-refractivity contribution in [2.75, 3.05) is 11.4 Å². The molecule has 0 unspecified atom stereocenters. The molecule has 32 heavy (non-hydrogen) atoms. The average Bonchev–Trinajstić information content (AvgIpc) is 2.92. The number of hydrogen-bond acceptors (Lipinski definition) is 4. The van der Waals surface area contributed by atoms with Crippen LogP contribution in [0.15, 0.2) is 36.4 Å². The Balaban J connectivity index is 1.75. The Morgan fingerprint density at radius 2 is 1.50 bits per heavy atom. The quantitative estimate of drug-likeness (QED) is 0.577. The summed E-state index contributed by atoms with van der Waals surface area (Å²) in [5.74, 6) is -0.0290. The summed E-state index contributed by atoms with van der Waals surface area (Å²) in [5.41, 5.74) is 2.51. The molecule has 3 rings (SSSR count). The molecule has 0 N–H and O–H groups in total. The van der Waals surface area contributed by atoms with E-state index in [-0.39, 0.29) is 18.7 Å². The number of amides is 3. The molecular formula is C23H25F3N2O4. The first kappa shape index (κ1) is 23.4. The number of anilines is 1. The van der Waals surface area contributed by atoms with Crippen LogP contribution in [0.2, 0.25) is 0 Å². The van der Waals surface area contributed by atoms with Crippen LogP contribution in [0.5, 0.6) is 11.5 Å². The molecule has 2 aromatic rings. The Labute approximate surface area is 184 Å². The van der Waals surface area contributed by atoms with Crippen molar-refractivity contribution in [2.24, 2.45) is 0 Å². The summed E-state index contributed by atoms with van der Waals surface area (Å²) in [4.78, 5) is 27.7. The van der Waals surface area contributed by atoms with Gasteiger partial charge in [-0.15, -0.1) is 13.2 Å². The number of carbonyl (C=O) groups is 2. The fourth-order valence-corrected chi connectivity index (χ4v) is 3.51. The second-order valence-electron chi connectivity index (χ2n) is 8.66. The molecule has 0 atom stereocenters. The van der Waals surface area contributed by atoms with Gasteiger partial charge in [0.25, 0.3) is 5.91 Å². The number of ether oxygens (including phenoxy) is 2. The van der Waals surface area contributed by atoms with Crippen molar-refractivity contribution >= 4 is 17.6 Å². The van der Waals surface area contributed by atoms with Gasteiger partial charge in [-0.25, -0.2) is 4.79 Å². The number of rotatable bonds is 5. The van der Waals surface area contributed by atoms with Crippen LogP contribution in [-0.2, 0) is 11.3 Å². The van der Waals surface area contributed by atoms with E-state index in [0.717, 1.165) is 39.5 Å². The average molecular weight is 450 g/mol. The monoisotopic (exact) mass is 450 g/mol. The molecular weight excluding hydrogens is 425 g/mol. The van der Waals surface area contributed by atoms with Crippen LogP contribution in [0.4, 0.5) is 23.7 Å². The number of hydrogen-bond donors (Lipinski definition) is 0. The van der Waals surface area contributed by atoms with E-state index in [1.807, 2.05) is 46.8 Å². The molecule has 1 aliphatic rings. The highest BCUT2D eigenvalue weighted by molar-refractivity contribution is 6.12. The first-order valence-corrected chi connectivity index (χ1v) is 10.0. The molecule has 0 aromatic heterocycles.